The molecule has 0 saturated heterocycles. The van der Waals surface area contributed by atoms with Gasteiger partial charge in [0.2, 0.25) is 0 Å². The van der Waals surface area contributed by atoms with Gasteiger partial charge in [0.25, 0.3) is 0 Å². The van der Waals surface area contributed by atoms with E-state index in [4.69, 9.17) is 0 Å². The van der Waals surface area contributed by atoms with Crippen LogP contribution in [0, 0.1) is 40.9 Å². The molecular weight excluding hydrogens is 268 g/mol. The summed E-state index contributed by atoms with van der Waals surface area (Å²) in [7, 11) is 0. The van der Waals surface area contributed by atoms with Gasteiger partial charge in [0.1, 0.15) is 5.78 Å². The van der Waals surface area contributed by atoms with Crippen molar-refractivity contribution >= 4 is 5.78 Å². The summed E-state index contributed by atoms with van der Waals surface area (Å²) in [6, 6.07) is 0. The summed E-state index contributed by atoms with van der Waals surface area (Å²) in [5.41, 5.74) is 4.09. The lowest BCUT2D eigenvalue weighted by molar-refractivity contribution is -0.123. The molecule has 0 aromatic rings. The minimum atomic E-state index is -0.000566. The first-order valence-electron chi connectivity index (χ1n) is 9.29. The highest BCUT2D eigenvalue weighted by Crippen LogP contribution is 2.60. The lowest BCUT2D eigenvalue weighted by Gasteiger charge is -2.49. The first kappa shape index (κ1) is 14.6. The van der Waals surface area contributed by atoms with Crippen LogP contribution >= 0.6 is 0 Å². The summed E-state index contributed by atoms with van der Waals surface area (Å²) in [6.07, 6.45) is 11.4. The van der Waals surface area contributed by atoms with Crippen molar-refractivity contribution in [2.75, 3.05) is 0 Å². The fourth-order valence-corrected chi connectivity index (χ4v) is 6.24. The molecule has 0 N–H and O–H groups in total. The smallest absolute Gasteiger partial charge is 0.148 e. The van der Waals surface area contributed by atoms with Crippen LogP contribution in [0.25, 0.3) is 0 Å². The fourth-order valence-electron chi connectivity index (χ4n) is 6.24. The molecular formula is C21H28O. The Hall–Kier alpha value is -1.03. The number of hydrogen-bond acceptors (Lipinski definition) is 1. The molecule has 4 aliphatic carbocycles. The van der Waals surface area contributed by atoms with Gasteiger partial charge >= 0.3 is 0 Å². The zero-order chi connectivity index (χ0) is 15.3. The molecule has 1 heteroatoms. The van der Waals surface area contributed by atoms with Crippen LogP contribution in [0.3, 0.4) is 0 Å². The lowest BCUT2D eigenvalue weighted by atomic mass is 9.56. The van der Waals surface area contributed by atoms with Crippen molar-refractivity contribution in [2.45, 2.75) is 71.6 Å². The largest absolute Gasteiger partial charge is 0.298 e. The number of carbonyl (C=O) groups excluding carboxylic acids is 1. The third-order valence-corrected chi connectivity index (χ3v) is 7.37. The number of Topliss-reactive ketones (excluding diaryl/α,β-unsaturated/α-hetero) is 1. The van der Waals surface area contributed by atoms with Gasteiger partial charge in [-0.15, -0.1) is 5.92 Å². The standard InChI is InChI=1S/C21H28O/c1-3-5-15-12-18-14(13-20(15)22)7-8-17-16(18)9-11-21(2)10-4-6-19(17)21/h14-15,17,19H,4,6-13H2,1-2H3/t14?,15?,17-,19+,21+/m1/s1. The zero-order valence-electron chi connectivity index (χ0n) is 14.1. The van der Waals surface area contributed by atoms with Crippen molar-refractivity contribution in [3.63, 3.8) is 0 Å². The molecule has 118 valence electrons. The Labute approximate surface area is 134 Å². The molecule has 3 fully saturated rings. The van der Waals surface area contributed by atoms with E-state index in [-0.39, 0.29) is 5.92 Å². The molecule has 0 aromatic carbocycles. The van der Waals surface area contributed by atoms with Gasteiger partial charge in [0.15, 0.2) is 0 Å². The second-order valence-corrected chi connectivity index (χ2v) is 8.41. The summed E-state index contributed by atoms with van der Waals surface area (Å²) < 4.78 is 0. The number of rotatable bonds is 0. The summed E-state index contributed by atoms with van der Waals surface area (Å²) in [6.45, 7) is 4.42. The van der Waals surface area contributed by atoms with Crippen molar-refractivity contribution in [3.8, 4) is 11.8 Å². The van der Waals surface area contributed by atoms with Gasteiger partial charge in [0, 0.05) is 6.42 Å². The van der Waals surface area contributed by atoms with Crippen LogP contribution in [0.1, 0.15) is 71.6 Å². The van der Waals surface area contributed by atoms with E-state index in [9.17, 15) is 4.79 Å². The highest BCUT2D eigenvalue weighted by molar-refractivity contribution is 5.86. The molecule has 0 amide bonds. The van der Waals surface area contributed by atoms with Crippen molar-refractivity contribution in [1.29, 1.82) is 0 Å². The van der Waals surface area contributed by atoms with Crippen LogP contribution in [-0.2, 0) is 4.79 Å². The number of hydrogen-bond donors (Lipinski definition) is 0. The summed E-state index contributed by atoms with van der Waals surface area (Å²) >= 11 is 0. The Morgan fingerprint density at radius 1 is 1.09 bits per heavy atom. The Morgan fingerprint density at radius 2 is 1.95 bits per heavy atom. The predicted octanol–water partition coefficient (Wildman–Crippen LogP) is 4.91. The van der Waals surface area contributed by atoms with E-state index in [1.807, 2.05) is 6.92 Å². The van der Waals surface area contributed by atoms with Crippen LogP contribution < -0.4 is 0 Å². The quantitative estimate of drug-likeness (QED) is 0.458. The van der Waals surface area contributed by atoms with Crippen molar-refractivity contribution in [3.05, 3.63) is 11.1 Å². The maximum Gasteiger partial charge on any atom is 0.148 e. The second-order valence-electron chi connectivity index (χ2n) is 8.41. The van der Waals surface area contributed by atoms with Gasteiger partial charge < -0.3 is 0 Å². The van der Waals surface area contributed by atoms with Gasteiger partial charge in [-0.1, -0.05) is 30.4 Å². The van der Waals surface area contributed by atoms with E-state index in [1.165, 1.54) is 44.9 Å². The summed E-state index contributed by atoms with van der Waals surface area (Å²) in [5.74, 6) is 8.91. The second kappa shape index (κ2) is 5.26. The molecule has 0 radical (unpaired) electrons. The Bertz CT molecular complexity index is 587. The van der Waals surface area contributed by atoms with Crippen molar-refractivity contribution in [1.82, 2.24) is 0 Å². The first-order valence-corrected chi connectivity index (χ1v) is 9.29. The van der Waals surface area contributed by atoms with Gasteiger partial charge in [-0.2, -0.15) is 0 Å². The van der Waals surface area contributed by atoms with E-state index < -0.39 is 0 Å². The Balaban J connectivity index is 1.68. The number of ketones is 1. The van der Waals surface area contributed by atoms with E-state index in [0.29, 0.717) is 17.1 Å². The van der Waals surface area contributed by atoms with Crippen LogP contribution in [0.4, 0.5) is 0 Å². The average Bonchev–Trinajstić information content (AvgIpc) is 2.90. The molecule has 4 aliphatic rings. The number of fused-ring (bicyclic) bond motifs is 4. The highest BCUT2D eigenvalue weighted by atomic mass is 16.1. The maximum atomic E-state index is 12.3. The third-order valence-electron chi connectivity index (χ3n) is 7.37. The molecule has 3 saturated carbocycles. The molecule has 0 heterocycles. The monoisotopic (exact) mass is 296 g/mol. The summed E-state index contributed by atoms with van der Waals surface area (Å²) in [5, 5.41) is 0. The van der Waals surface area contributed by atoms with Gasteiger partial charge in [-0.05, 0) is 75.0 Å². The van der Waals surface area contributed by atoms with E-state index in [2.05, 4.69) is 18.8 Å². The van der Waals surface area contributed by atoms with Crippen molar-refractivity contribution < 1.29 is 4.79 Å². The van der Waals surface area contributed by atoms with Gasteiger partial charge in [0.05, 0.1) is 5.92 Å². The highest BCUT2D eigenvalue weighted by Gasteiger charge is 2.49. The molecule has 0 aliphatic heterocycles. The van der Waals surface area contributed by atoms with Crippen molar-refractivity contribution in [2.24, 2.45) is 29.1 Å². The maximum absolute atomic E-state index is 12.3. The van der Waals surface area contributed by atoms with Gasteiger partial charge in [-0.25, -0.2) is 0 Å². The zero-order valence-corrected chi connectivity index (χ0v) is 14.1. The summed E-state index contributed by atoms with van der Waals surface area (Å²) in [4.78, 5) is 12.3. The van der Waals surface area contributed by atoms with Crippen LogP contribution in [0.15, 0.2) is 11.1 Å². The molecule has 5 atom stereocenters. The Morgan fingerprint density at radius 3 is 2.77 bits per heavy atom. The molecule has 0 spiro atoms. The van der Waals surface area contributed by atoms with E-state index in [0.717, 1.165) is 24.7 Å². The molecule has 2 unspecified atom stereocenters. The SMILES string of the molecule is CC#CC1CC2=C3CC[C@]4(C)CCC[C@H]4[C@@H]3CCC2CC1=O. The van der Waals surface area contributed by atoms with E-state index >= 15 is 0 Å². The van der Waals surface area contributed by atoms with Crippen LogP contribution in [0.2, 0.25) is 0 Å². The van der Waals surface area contributed by atoms with E-state index in [1.54, 1.807) is 11.1 Å². The van der Waals surface area contributed by atoms with Gasteiger partial charge in [-0.3, -0.25) is 4.79 Å². The third kappa shape index (κ3) is 2.10. The molecule has 0 aromatic heterocycles. The average molecular weight is 296 g/mol. The first-order chi connectivity index (χ1) is 10.6. The molecule has 0 bridgehead atoms. The van der Waals surface area contributed by atoms with Crippen LogP contribution in [-0.4, -0.2) is 5.78 Å². The fraction of sp³-hybridized carbons (Fsp3) is 0.762. The topological polar surface area (TPSA) is 17.1 Å². The van der Waals surface area contributed by atoms with Crippen LogP contribution in [0.5, 0.6) is 0 Å². The number of allylic oxidation sites excluding steroid dienone is 2. The number of carbonyl (C=O) groups is 1. The minimum absolute atomic E-state index is 0.000566. The lowest BCUT2D eigenvalue weighted by Crippen LogP contribution is -2.39. The minimum Gasteiger partial charge on any atom is -0.298 e. The molecule has 1 nitrogen and oxygen atoms in total. The predicted molar refractivity (Wildman–Crippen MR) is 89.1 cm³/mol. The molecule has 4 rings (SSSR count). The molecule has 22 heavy (non-hydrogen) atoms. The Kier molecular flexibility index (Phi) is 3.48. The normalized spacial score (nSPS) is 43.8.